The first-order valence-electron chi connectivity index (χ1n) is 9.76. The van der Waals surface area contributed by atoms with Gasteiger partial charge in [0.05, 0.1) is 18.8 Å². The predicted molar refractivity (Wildman–Crippen MR) is 121 cm³/mol. The van der Waals surface area contributed by atoms with Gasteiger partial charge in [-0.05, 0) is 54.5 Å². The highest BCUT2D eigenvalue weighted by Gasteiger charge is 2.14. The van der Waals surface area contributed by atoms with Gasteiger partial charge in [-0.1, -0.05) is 26.0 Å². The third-order valence-corrected chi connectivity index (χ3v) is 4.10. The first-order chi connectivity index (χ1) is 14.9. The lowest BCUT2D eigenvalue weighted by Gasteiger charge is -2.13. The summed E-state index contributed by atoms with van der Waals surface area (Å²) in [5.74, 6) is 0.630. The SMILES string of the molecule is COCCOc1ccccc1C(=O)NC(=S)NNC(=O)c1ccc(OCC(C)C)cc1. The van der Waals surface area contributed by atoms with Crippen LogP contribution in [0.3, 0.4) is 0 Å². The van der Waals surface area contributed by atoms with Gasteiger partial charge in [0, 0.05) is 12.7 Å². The summed E-state index contributed by atoms with van der Waals surface area (Å²) in [4.78, 5) is 24.8. The lowest BCUT2D eigenvalue weighted by atomic mass is 10.2. The normalized spacial score (nSPS) is 10.3. The highest BCUT2D eigenvalue weighted by atomic mass is 32.1. The molecule has 0 atom stereocenters. The lowest BCUT2D eigenvalue weighted by molar-refractivity contribution is 0.0933. The molecule has 0 bridgehead atoms. The molecule has 0 unspecified atom stereocenters. The number of thiocarbonyl (C=S) groups is 1. The second kappa shape index (κ2) is 12.5. The van der Waals surface area contributed by atoms with Crippen LogP contribution < -0.4 is 25.6 Å². The van der Waals surface area contributed by atoms with Crippen LogP contribution in [0, 0.1) is 5.92 Å². The number of benzene rings is 2. The summed E-state index contributed by atoms with van der Waals surface area (Å²) >= 11 is 5.09. The third kappa shape index (κ3) is 8.23. The molecule has 2 aromatic carbocycles. The topological polar surface area (TPSA) is 97.9 Å². The van der Waals surface area contributed by atoms with Gasteiger partial charge in [0.25, 0.3) is 11.8 Å². The quantitative estimate of drug-likeness (QED) is 0.310. The van der Waals surface area contributed by atoms with Crippen LogP contribution in [-0.4, -0.2) is 43.9 Å². The molecule has 0 fully saturated rings. The van der Waals surface area contributed by atoms with E-state index < -0.39 is 11.8 Å². The van der Waals surface area contributed by atoms with E-state index in [1.165, 1.54) is 0 Å². The third-order valence-electron chi connectivity index (χ3n) is 3.89. The van der Waals surface area contributed by atoms with Crippen molar-refractivity contribution in [1.82, 2.24) is 16.2 Å². The van der Waals surface area contributed by atoms with Crippen molar-refractivity contribution in [3.8, 4) is 11.5 Å². The van der Waals surface area contributed by atoms with Crippen molar-refractivity contribution >= 4 is 29.1 Å². The zero-order valence-corrected chi connectivity index (χ0v) is 18.6. The Balaban J connectivity index is 1.85. The average molecular weight is 446 g/mol. The molecule has 0 aliphatic rings. The van der Waals surface area contributed by atoms with Gasteiger partial charge in [-0.2, -0.15) is 0 Å². The van der Waals surface area contributed by atoms with Crippen molar-refractivity contribution in [3.63, 3.8) is 0 Å². The van der Waals surface area contributed by atoms with Gasteiger partial charge >= 0.3 is 0 Å². The Bertz CT molecular complexity index is 887. The van der Waals surface area contributed by atoms with E-state index >= 15 is 0 Å². The molecular weight excluding hydrogens is 418 g/mol. The number of hydrogen-bond donors (Lipinski definition) is 3. The van der Waals surface area contributed by atoms with Crippen molar-refractivity contribution in [3.05, 3.63) is 59.7 Å². The van der Waals surface area contributed by atoms with Crippen LogP contribution >= 0.6 is 12.2 Å². The fourth-order valence-corrected chi connectivity index (χ4v) is 2.51. The van der Waals surface area contributed by atoms with Crippen molar-refractivity contribution < 1.29 is 23.8 Å². The van der Waals surface area contributed by atoms with Crippen LogP contribution in [0.15, 0.2) is 48.5 Å². The molecule has 2 aromatic rings. The maximum atomic E-state index is 12.5. The first kappa shape index (κ1) is 24.1. The second-order valence-corrected chi connectivity index (χ2v) is 7.34. The maximum absolute atomic E-state index is 12.5. The molecule has 0 radical (unpaired) electrons. The first-order valence-corrected chi connectivity index (χ1v) is 10.2. The molecule has 0 aliphatic heterocycles. The number of amides is 2. The largest absolute Gasteiger partial charge is 0.493 e. The Morgan fingerprint density at radius 3 is 2.32 bits per heavy atom. The Labute approximate surface area is 187 Å². The van der Waals surface area contributed by atoms with Crippen molar-refractivity contribution in [2.75, 3.05) is 26.9 Å². The van der Waals surface area contributed by atoms with Gasteiger partial charge in [-0.25, -0.2) is 0 Å². The van der Waals surface area contributed by atoms with Gasteiger partial charge in [-0.3, -0.25) is 25.8 Å². The molecule has 0 saturated carbocycles. The number of methoxy groups -OCH3 is 1. The zero-order valence-electron chi connectivity index (χ0n) is 17.8. The number of hydrazine groups is 1. The number of para-hydroxylation sites is 1. The molecule has 8 nitrogen and oxygen atoms in total. The number of nitrogens with one attached hydrogen (secondary N) is 3. The highest BCUT2D eigenvalue weighted by Crippen LogP contribution is 2.17. The highest BCUT2D eigenvalue weighted by molar-refractivity contribution is 7.80. The van der Waals surface area contributed by atoms with E-state index in [0.717, 1.165) is 0 Å². The summed E-state index contributed by atoms with van der Waals surface area (Å²) in [6.45, 7) is 5.42. The minimum atomic E-state index is -0.466. The van der Waals surface area contributed by atoms with Crippen LogP contribution in [0.25, 0.3) is 0 Å². The molecule has 0 spiro atoms. The minimum Gasteiger partial charge on any atom is -0.493 e. The standard InChI is InChI=1S/C22H27N3O5S/c1-15(2)14-30-17-10-8-16(9-11-17)20(26)24-25-22(31)23-21(27)18-6-4-5-7-19(18)29-13-12-28-3/h4-11,15H,12-14H2,1-3H3,(H,24,26)(H2,23,25,27,31). The smallest absolute Gasteiger partial charge is 0.269 e. The molecule has 0 aromatic heterocycles. The van der Waals surface area contributed by atoms with E-state index in [9.17, 15) is 9.59 Å². The predicted octanol–water partition coefficient (Wildman–Crippen LogP) is 2.70. The van der Waals surface area contributed by atoms with E-state index in [2.05, 4.69) is 30.0 Å². The van der Waals surface area contributed by atoms with Crippen molar-refractivity contribution in [2.45, 2.75) is 13.8 Å². The number of carbonyl (C=O) groups excluding carboxylic acids is 2. The van der Waals surface area contributed by atoms with Crippen LogP contribution in [0.1, 0.15) is 34.6 Å². The van der Waals surface area contributed by atoms with Gasteiger partial charge in [-0.15, -0.1) is 0 Å². The molecule has 0 aliphatic carbocycles. The van der Waals surface area contributed by atoms with Gasteiger partial charge in [0.1, 0.15) is 18.1 Å². The molecule has 166 valence electrons. The van der Waals surface area contributed by atoms with Crippen molar-refractivity contribution in [2.24, 2.45) is 5.92 Å². The molecule has 2 amide bonds. The van der Waals surface area contributed by atoms with Crippen LogP contribution in [0.5, 0.6) is 11.5 Å². The summed E-state index contributed by atoms with van der Waals surface area (Å²) < 4.78 is 16.1. The summed E-state index contributed by atoms with van der Waals surface area (Å²) in [7, 11) is 1.56. The number of ether oxygens (including phenoxy) is 3. The molecule has 0 saturated heterocycles. The van der Waals surface area contributed by atoms with Crippen molar-refractivity contribution in [1.29, 1.82) is 0 Å². The minimum absolute atomic E-state index is 0.0538. The molecule has 2 rings (SSSR count). The van der Waals surface area contributed by atoms with E-state index in [1.807, 2.05) is 0 Å². The summed E-state index contributed by atoms with van der Waals surface area (Å²) in [5, 5.41) is 2.45. The molecule has 0 heterocycles. The maximum Gasteiger partial charge on any atom is 0.269 e. The van der Waals surface area contributed by atoms with E-state index in [0.29, 0.717) is 48.4 Å². The summed E-state index contributed by atoms with van der Waals surface area (Å²) in [6.07, 6.45) is 0. The average Bonchev–Trinajstić information content (AvgIpc) is 2.77. The molecular formula is C22H27N3O5S. The Morgan fingerprint density at radius 2 is 1.65 bits per heavy atom. The number of rotatable bonds is 9. The Morgan fingerprint density at radius 1 is 0.935 bits per heavy atom. The summed E-state index contributed by atoms with van der Waals surface area (Å²) in [6, 6.07) is 13.5. The fourth-order valence-electron chi connectivity index (χ4n) is 2.37. The van der Waals surface area contributed by atoms with E-state index in [-0.39, 0.29) is 5.11 Å². The Hall–Kier alpha value is -3.17. The second-order valence-electron chi connectivity index (χ2n) is 6.93. The summed E-state index contributed by atoms with van der Waals surface area (Å²) in [5.41, 5.74) is 5.69. The number of carbonyl (C=O) groups is 2. The van der Waals surface area contributed by atoms with Gasteiger partial charge < -0.3 is 14.2 Å². The molecule has 3 N–H and O–H groups in total. The zero-order chi connectivity index (χ0) is 22.6. The van der Waals surface area contributed by atoms with Gasteiger partial charge in [0.15, 0.2) is 5.11 Å². The van der Waals surface area contributed by atoms with E-state index in [4.69, 9.17) is 26.4 Å². The van der Waals surface area contributed by atoms with E-state index in [1.54, 1.807) is 55.6 Å². The van der Waals surface area contributed by atoms with Gasteiger partial charge in [0.2, 0.25) is 0 Å². The lowest BCUT2D eigenvalue weighted by Crippen LogP contribution is -2.48. The van der Waals surface area contributed by atoms with Crippen LogP contribution in [-0.2, 0) is 4.74 Å². The molecule has 31 heavy (non-hydrogen) atoms. The van der Waals surface area contributed by atoms with Crippen LogP contribution in [0.2, 0.25) is 0 Å². The Kier molecular flexibility index (Phi) is 9.73. The van der Waals surface area contributed by atoms with Crippen LogP contribution in [0.4, 0.5) is 0 Å². The number of hydrogen-bond acceptors (Lipinski definition) is 6. The monoisotopic (exact) mass is 445 g/mol. The fraction of sp³-hybridized carbons (Fsp3) is 0.318. The molecule has 9 heteroatoms.